The molecule has 88 valence electrons. The van der Waals surface area contributed by atoms with Gasteiger partial charge in [0.2, 0.25) is 0 Å². The molecule has 0 heterocycles. The summed E-state index contributed by atoms with van der Waals surface area (Å²) in [7, 11) is 0. The quantitative estimate of drug-likeness (QED) is 0.577. The molecule has 1 aromatic rings. The molecule has 0 radical (unpaired) electrons. The van der Waals surface area contributed by atoms with Crippen LogP contribution in [0.1, 0.15) is 5.56 Å². The van der Waals surface area contributed by atoms with Crippen molar-refractivity contribution in [1.29, 1.82) is 0 Å². The average Bonchev–Trinajstić information content (AvgIpc) is 2.25. The van der Waals surface area contributed by atoms with Gasteiger partial charge < -0.3 is 14.7 Å². The summed E-state index contributed by atoms with van der Waals surface area (Å²) in [4.78, 5) is 13.9. The summed E-state index contributed by atoms with van der Waals surface area (Å²) in [5.41, 5.74) is 0.935. The number of aliphatic hydroxyl groups excluding tert-OH is 1. The maximum Gasteiger partial charge on any atom is 0.294 e. The van der Waals surface area contributed by atoms with E-state index in [1.165, 1.54) is 0 Å². The minimum Gasteiger partial charge on any atom is -0.491 e. The van der Waals surface area contributed by atoms with Crippen molar-refractivity contribution in [1.82, 2.24) is 0 Å². The van der Waals surface area contributed by atoms with Crippen molar-refractivity contribution in [3.05, 3.63) is 39.9 Å². The molecule has 0 spiro atoms. The zero-order chi connectivity index (χ0) is 12.0. The summed E-state index contributed by atoms with van der Waals surface area (Å²) in [6.07, 6.45) is -1.02. The standard InChI is InChI=1S/C10H13NO5/c1-8-4-2-3-5-10(8)15-6-9(12)7-16-11(13)14/h2-5,9,12H,6-7H2,1H3. The summed E-state index contributed by atoms with van der Waals surface area (Å²) in [6.45, 7) is 1.44. The second kappa shape index (κ2) is 5.92. The molecule has 1 rings (SSSR count). The maximum atomic E-state index is 9.86. The minimum absolute atomic E-state index is 0.0430. The van der Waals surface area contributed by atoms with Gasteiger partial charge in [-0.05, 0) is 18.6 Å². The SMILES string of the molecule is Cc1ccccc1OCC(O)CO[N+](=O)[O-]. The van der Waals surface area contributed by atoms with Crippen LogP contribution in [0.5, 0.6) is 5.75 Å². The topological polar surface area (TPSA) is 81.8 Å². The molecule has 0 fully saturated rings. The zero-order valence-electron chi connectivity index (χ0n) is 8.83. The molecule has 0 aliphatic carbocycles. The lowest BCUT2D eigenvalue weighted by molar-refractivity contribution is -0.759. The van der Waals surface area contributed by atoms with Gasteiger partial charge >= 0.3 is 0 Å². The zero-order valence-corrected chi connectivity index (χ0v) is 8.83. The molecule has 0 saturated carbocycles. The number of ether oxygens (including phenoxy) is 1. The lowest BCUT2D eigenvalue weighted by Gasteiger charge is -2.12. The first kappa shape index (κ1) is 12.3. The van der Waals surface area contributed by atoms with Crippen molar-refractivity contribution < 1.29 is 19.8 Å². The second-order valence-electron chi connectivity index (χ2n) is 3.25. The van der Waals surface area contributed by atoms with Gasteiger partial charge in [-0.2, -0.15) is 0 Å². The number of benzene rings is 1. The Morgan fingerprint density at radius 2 is 2.12 bits per heavy atom. The molecule has 6 heteroatoms. The lowest BCUT2D eigenvalue weighted by atomic mass is 10.2. The number of para-hydroxylation sites is 1. The Bertz CT molecular complexity index is 355. The van der Waals surface area contributed by atoms with Gasteiger partial charge in [-0.25, -0.2) is 0 Å². The molecule has 0 bridgehead atoms. The predicted molar refractivity (Wildman–Crippen MR) is 55.6 cm³/mol. The van der Waals surface area contributed by atoms with Gasteiger partial charge in [0.05, 0.1) is 0 Å². The Labute approximate surface area is 92.5 Å². The van der Waals surface area contributed by atoms with Crippen LogP contribution in [0.15, 0.2) is 24.3 Å². The van der Waals surface area contributed by atoms with Crippen LogP contribution in [0, 0.1) is 17.0 Å². The molecule has 0 saturated heterocycles. The number of aryl methyl sites for hydroxylation is 1. The highest BCUT2D eigenvalue weighted by Crippen LogP contribution is 2.16. The van der Waals surface area contributed by atoms with Crippen molar-refractivity contribution >= 4 is 0 Å². The summed E-state index contributed by atoms with van der Waals surface area (Å²) in [5.74, 6) is 0.641. The predicted octanol–water partition coefficient (Wildman–Crippen LogP) is 0.943. The van der Waals surface area contributed by atoms with Crippen molar-refractivity contribution in [2.45, 2.75) is 13.0 Å². The van der Waals surface area contributed by atoms with Crippen LogP contribution in [0.25, 0.3) is 0 Å². The van der Waals surface area contributed by atoms with E-state index in [4.69, 9.17) is 4.74 Å². The van der Waals surface area contributed by atoms with E-state index in [2.05, 4.69) is 4.84 Å². The first-order valence-corrected chi connectivity index (χ1v) is 4.73. The maximum absolute atomic E-state index is 9.86. The highest BCUT2D eigenvalue weighted by molar-refractivity contribution is 5.31. The fraction of sp³-hybridized carbons (Fsp3) is 0.400. The van der Waals surface area contributed by atoms with Gasteiger partial charge in [0.25, 0.3) is 5.09 Å². The molecular weight excluding hydrogens is 214 g/mol. The largest absolute Gasteiger partial charge is 0.491 e. The number of rotatable bonds is 6. The van der Waals surface area contributed by atoms with Crippen LogP contribution in [-0.2, 0) is 4.84 Å². The molecule has 6 nitrogen and oxygen atoms in total. The van der Waals surface area contributed by atoms with Crippen LogP contribution in [-0.4, -0.2) is 29.5 Å². The van der Waals surface area contributed by atoms with Gasteiger partial charge in [-0.3, -0.25) is 0 Å². The lowest BCUT2D eigenvalue weighted by Crippen LogP contribution is -2.25. The van der Waals surface area contributed by atoms with Crippen molar-refractivity contribution in [2.75, 3.05) is 13.2 Å². The monoisotopic (exact) mass is 227 g/mol. The van der Waals surface area contributed by atoms with E-state index in [0.29, 0.717) is 5.75 Å². The normalized spacial score (nSPS) is 11.9. The van der Waals surface area contributed by atoms with Gasteiger partial charge in [0, 0.05) is 0 Å². The Morgan fingerprint density at radius 3 is 2.75 bits per heavy atom. The molecule has 0 aliphatic heterocycles. The number of hydrogen-bond donors (Lipinski definition) is 1. The Morgan fingerprint density at radius 1 is 1.44 bits per heavy atom. The fourth-order valence-electron chi connectivity index (χ4n) is 1.10. The van der Waals surface area contributed by atoms with E-state index < -0.39 is 11.2 Å². The highest BCUT2D eigenvalue weighted by Gasteiger charge is 2.08. The molecule has 0 aromatic heterocycles. The molecule has 1 atom stereocenters. The Balaban J connectivity index is 2.34. The van der Waals surface area contributed by atoms with E-state index in [0.717, 1.165) is 5.56 Å². The second-order valence-corrected chi connectivity index (χ2v) is 3.25. The Kier molecular flexibility index (Phi) is 4.53. The minimum atomic E-state index is -1.02. The van der Waals surface area contributed by atoms with E-state index >= 15 is 0 Å². The molecular formula is C10H13NO5. The van der Waals surface area contributed by atoms with Crippen LogP contribution < -0.4 is 4.74 Å². The van der Waals surface area contributed by atoms with E-state index in [-0.39, 0.29) is 13.2 Å². The van der Waals surface area contributed by atoms with E-state index in [9.17, 15) is 15.2 Å². The van der Waals surface area contributed by atoms with Crippen molar-refractivity contribution in [2.24, 2.45) is 0 Å². The van der Waals surface area contributed by atoms with Gasteiger partial charge in [0.15, 0.2) is 0 Å². The number of aliphatic hydroxyl groups is 1. The first-order valence-electron chi connectivity index (χ1n) is 4.73. The average molecular weight is 227 g/mol. The van der Waals surface area contributed by atoms with Crippen LogP contribution in [0.4, 0.5) is 0 Å². The molecule has 0 aliphatic rings. The summed E-state index contributed by atoms with van der Waals surface area (Å²) in [5, 5.41) is 18.2. The summed E-state index contributed by atoms with van der Waals surface area (Å²) < 4.78 is 5.28. The highest BCUT2D eigenvalue weighted by atomic mass is 17.0. The van der Waals surface area contributed by atoms with Crippen molar-refractivity contribution in [3.63, 3.8) is 0 Å². The molecule has 1 aromatic carbocycles. The number of hydrogen-bond acceptors (Lipinski definition) is 5. The van der Waals surface area contributed by atoms with Crippen LogP contribution in [0.3, 0.4) is 0 Å². The molecule has 16 heavy (non-hydrogen) atoms. The molecule has 1 N–H and O–H groups in total. The smallest absolute Gasteiger partial charge is 0.294 e. The third-order valence-corrected chi connectivity index (χ3v) is 1.90. The van der Waals surface area contributed by atoms with Crippen LogP contribution in [0.2, 0.25) is 0 Å². The Hall–Kier alpha value is -1.82. The van der Waals surface area contributed by atoms with Gasteiger partial charge in [-0.15, -0.1) is 10.1 Å². The summed E-state index contributed by atoms with van der Waals surface area (Å²) >= 11 is 0. The third-order valence-electron chi connectivity index (χ3n) is 1.90. The van der Waals surface area contributed by atoms with E-state index in [1.54, 1.807) is 6.07 Å². The van der Waals surface area contributed by atoms with Crippen LogP contribution >= 0.6 is 0 Å². The van der Waals surface area contributed by atoms with E-state index in [1.807, 2.05) is 25.1 Å². The molecule has 0 amide bonds. The molecule has 1 unspecified atom stereocenters. The van der Waals surface area contributed by atoms with Crippen molar-refractivity contribution in [3.8, 4) is 5.75 Å². The van der Waals surface area contributed by atoms with Gasteiger partial charge in [0.1, 0.15) is 25.1 Å². The third kappa shape index (κ3) is 4.14. The fourth-order valence-corrected chi connectivity index (χ4v) is 1.10. The summed E-state index contributed by atoms with van der Waals surface area (Å²) in [6, 6.07) is 7.31. The number of nitrogens with zero attached hydrogens (tertiary/aromatic N) is 1. The van der Waals surface area contributed by atoms with Gasteiger partial charge in [-0.1, -0.05) is 18.2 Å². The first-order chi connectivity index (χ1) is 7.59.